The third-order valence-corrected chi connectivity index (χ3v) is 4.40. The first-order valence-electron chi connectivity index (χ1n) is 7.41. The van der Waals surface area contributed by atoms with Gasteiger partial charge in [-0.15, -0.1) is 11.3 Å². The molecule has 4 nitrogen and oxygen atoms in total. The quantitative estimate of drug-likeness (QED) is 0.699. The van der Waals surface area contributed by atoms with Crippen molar-refractivity contribution in [3.05, 3.63) is 65.2 Å². The van der Waals surface area contributed by atoms with Crippen molar-refractivity contribution in [3.8, 4) is 16.3 Å². The highest BCUT2D eigenvalue weighted by molar-refractivity contribution is 7.13. The van der Waals surface area contributed by atoms with E-state index in [4.69, 9.17) is 0 Å². The minimum absolute atomic E-state index is 0.0241. The predicted octanol–water partition coefficient (Wildman–Crippen LogP) is 4.97. The zero-order chi connectivity index (χ0) is 17.8. The molecule has 0 spiro atoms. The molecular formula is C18H14F2N2O2S. The summed E-state index contributed by atoms with van der Waals surface area (Å²) in [7, 11) is 0. The van der Waals surface area contributed by atoms with Gasteiger partial charge in [-0.2, -0.15) is 8.78 Å². The topological polar surface area (TPSA) is 51.2 Å². The van der Waals surface area contributed by atoms with Crippen LogP contribution in [-0.4, -0.2) is 17.5 Å². The average molecular weight is 360 g/mol. The van der Waals surface area contributed by atoms with Crippen LogP contribution in [0.2, 0.25) is 0 Å². The summed E-state index contributed by atoms with van der Waals surface area (Å²) >= 11 is 1.36. The van der Waals surface area contributed by atoms with E-state index in [1.54, 1.807) is 18.4 Å². The Labute approximate surface area is 147 Å². The summed E-state index contributed by atoms with van der Waals surface area (Å²) in [5.74, 6) is -0.383. The van der Waals surface area contributed by atoms with E-state index in [9.17, 15) is 13.6 Å². The lowest BCUT2D eigenvalue weighted by Crippen LogP contribution is -2.14. The first-order chi connectivity index (χ1) is 12.0. The number of nitrogens with one attached hydrogen (secondary N) is 1. The lowest BCUT2D eigenvalue weighted by atomic mass is 10.1. The third kappa shape index (κ3) is 4.00. The molecule has 0 aliphatic carbocycles. The molecule has 1 amide bonds. The monoisotopic (exact) mass is 360 g/mol. The van der Waals surface area contributed by atoms with Gasteiger partial charge >= 0.3 is 6.61 Å². The first-order valence-corrected chi connectivity index (χ1v) is 8.29. The molecule has 7 heteroatoms. The normalized spacial score (nSPS) is 10.7. The van der Waals surface area contributed by atoms with Gasteiger partial charge in [0.15, 0.2) is 0 Å². The molecule has 2 aromatic carbocycles. The van der Waals surface area contributed by atoms with Crippen LogP contribution in [0.1, 0.15) is 16.1 Å². The minimum Gasteiger partial charge on any atom is -0.434 e. The Morgan fingerprint density at radius 3 is 2.64 bits per heavy atom. The summed E-state index contributed by atoms with van der Waals surface area (Å²) in [4.78, 5) is 16.7. The Hall–Kier alpha value is -2.80. The number of carbonyl (C=O) groups is 1. The van der Waals surface area contributed by atoms with Crippen LogP contribution in [0, 0.1) is 6.92 Å². The van der Waals surface area contributed by atoms with Gasteiger partial charge in [0.05, 0.1) is 0 Å². The maximum absolute atomic E-state index is 12.4. The molecule has 0 radical (unpaired) electrons. The molecule has 0 saturated carbocycles. The number of aromatic nitrogens is 1. The fraction of sp³-hybridized carbons (Fsp3) is 0.111. The fourth-order valence-electron chi connectivity index (χ4n) is 2.25. The van der Waals surface area contributed by atoms with Gasteiger partial charge in [0.1, 0.15) is 16.5 Å². The van der Waals surface area contributed by atoms with Crippen molar-refractivity contribution in [2.24, 2.45) is 0 Å². The second-order valence-corrected chi connectivity index (χ2v) is 6.02. The number of hydrogen-bond acceptors (Lipinski definition) is 4. The van der Waals surface area contributed by atoms with Crippen molar-refractivity contribution in [2.45, 2.75) is 13.5 Å². The Morgan fingerprint density at radius 2 is 1.92 bits per heavy atom. The van der Waals surface area contributed by atoms with Crippen LogP contribution in [-0.2, 0) is 0 Å². The van der Waals surface area contributed by atoms with E-state index in [1.165, 1.54) is 23.5 Å². The van der Waals surface area contributed by atoms with Crippen molar-refractivity contribution in [1.29, 1.82) is 0 Å². The van der Waals surface area contributed by atoms with E-state index < -0.39 is 12.5 Å². The van der Waals surface area contributed by atoms with Crippen LogP contribution in [0.4, 0.5) is 14.5 Å². The molecule has 0 unspecified atom stereocenters. The molecule has 1 heterocycles. The molecule has 1 N–H and O–H groups in total. The van der Waals surface area contributed by atoms with Crippen LogP contribution in [0.25, 0.3) is 10.6 Å². The van der Waals surface area contributed by atoms with Gasteiger partial charge in [0, 0.05) is 22.2 Å². The highest BCUT2D eigenvalue weighted by atomic mass is 32.1. The number of carbonyl (C=O) groups excluding carboxylic acids is 1. The van der Waals surface area contributed by atoms with E-state index in [1.807, 2.05) is 30.3 Å². The highest BCUT2D eigenvalue weighted by Crippen LogP contribution is 2.28. The molecule has 1 aromatic heterocycles. The van der Waals surface area contributed by atoms with Gasteiger partial charge in [-0.1, -0.05) is 36.4 Å². The van der Waals surface area contributed by atoms with Gasteiger partial charge in [-0.25, -0.2) is 4.98 Å². The van der Waals surface area contributed by atoms with Crippen molar-refractivity contribution >= 4 is 22.9 Å². The van der Waals surface area contributed by atoms with E-state index in [-0.39, 0.29) is 11.4 Å². The smallest absolute Gasteiger partial charge is 0.387 e. The molecular weight excluding hydrogens is 346 g/mol. The summed E-state index contributed by atoms with van der Waals surface area (Å²) < 4.78 is 29.2. The van der Waals surface area contributed by atoms with Gasteiger partial charge in [-0.3, -0.25) is 4.79 Å². The largest absolute Gasteiger partial charge is 0.434 e. The molecule has 128 valence electrons. The SMILES string of the molecule is Cc1c(NC(=O)c2csc(-c3ccccc3)n2)cccc1OC(F)F. The Balaban J connectivity index is 1.78. The number of alkyl halides is 2. The minimum atomic E-state index is -2.92. The number of rotatable bonds is 5. The van der Waals surface area contributed by atoms with Crippen molar-refractivity contribution in [2.75, 3.05) is 5.32 Å². The van der Waals surface area contributed by atoms with Gasteiger partial charge in [0.2, 0.25) is 0 Å². The average Bonchev–Trinajstić information content (AvgIpc) is 3.09. The van der Waals surface area contributed by atoms with E-state index >= 15 is 0 Å². The van der Waals surface area contributed by atoms with Gasteiger partial charge in [0.25, 0.3) is 5.91 Å². The van der Waals surface area contributed by atoms with Crippen molar-refractivity contribution in [3.63, 3.8) is 0 Å². The van der Waals surface area contributed by atoms with Crippen LogP contribution in [0.15, 0.2) is 53.9 Å². The molecule has 0 atom stereocenters. The number of nitrogens with zero attached hydrogens (tertiary/aromatic N) is 1. The van der Waals surface area contributed by atoms with Crippen LogP contribution in [0.3, 0.4) is 0 Å². The third-order valence-electron chi connectivity index (χ3n) is 3.51. The second kappa shape index (κ2) is 7.40. The number of benzene rings is 2. The maximum atomic E-state index is 12.4. The number of ether oxygens (including phenoxy) is 1. The van der Waals surface area contributed by atoms with Crippen molar-refractivity contribution in [1.82, 2.24) is 4.98 Å². The summed E-state index contributed by atoms with van der Waals surface area (Å²) in [5.41, 5.74) is 2.02. The van der Waals surface area contributed by atoms with Crippen LogP contribution < -0.4 is 10.1 Å². The van der Waals surface area contributed by atoms with E-state index in [2.05, 4.69) is 15.0 Å². The molecule has 0 aliphatic heterocycles. The van der Waals surface area contributed by atoms with Crippen LogP contribution in [0.5, 0.6) is 5.75 Å². The number of thiazole rings is 1. The summed E-state index contributed by atoms with van der Waals surface area (Å²) in [6.45, 7) is -1.32. The molecule has 0 aliphatic rings. The molecule has 0 bridgehead atoms. The standard InChI is InChI=1S/C18H14F2N2O2S/c1-11-13(8-5-9-15(11)24-18(19)20)21-16(23)14-10-25-17(22-14)12-6-3-2-4-7-12/h2-10,18H,1H3,(H,21,23). The lowest BCUT2D eigenvalue weighted by molar-refractivity contribution is -0.0502. The Morgan fingerprint density at radius 1 is 1.16 bits per heavy atom. The van der Waals surface area contributed by atoms with Gasteiger partial charge in [-0.05, 0) is 19.1 Å². The summed E-state index contributed by atoms with van der Waals surface area (Å²) in [5, 5.41) is 5.08. The molecule has 25 heavy (non-hydrogen) atoms. The van der Waals surface area contributed by atoms with Crippen LogP contribution >= 0.6 is 11.3 Å². The van der Waals surface area contributed by atoms with E-state index in [0.29, 0.717) is 11.3 Å². The summed E-state index contributed by atoms with van der Waals surface area (Å²) in [6.07, 6.45) is 0. The molecule has 0 saturated heterocycles. The molecule has 3 aromatic rings. The fourth-order valence-corrected chi connectivity index (χ4v) is 3.06. The molecule has 0 fully saturated rings. The highest BCUT2D eigenvalue weighted by Gasteiger charge is 2.15. The number of anilines is 1. The number of amides is 1. The van der Waals surface area contributed by atoms with E-state index in [0.717, 1.165) is 10.6 Å². The predicted molar refractivity (Wildman–Crippen MR) is 93.3 cm³/mol. The second-order valence-electron chi connectivity index (χ2n) is 5.17. The van der Waals surface area contributed by atoms with Gasteiger partial charge < -0.3 is 10.1 Å². The number of halogens is 2. The first kappa shape index (κ1) is 17.0. The molecule has 3 rings (SSSR count). The van der Waals surface area contributed by atoms with Crippen molar-refractivity contribution < 1.29 is 18.3 Å². The lowest BCUT2D eigenvalue weighted by Gasteiger charge is -2.12. The zero-order valence-corrected chi connectivity index (χ0v) is 14.0. The Kier molecular flexibility index (Phi) is 5.04. The number of hydrogen-bond donors (Lipinski definition) is 1. The Bertz CT molecular complexity index is 882. The maximum Gasteiger partial charge on any atom is 0.387 e. The zero-order valence-electron chi connectivity index (χ0n) is 13.2. The summed E-state index contributed by atoms with van der Waals surface area (Å²) in [6, 6.07) is 14.1.